The van der Waals surface area contributed by atoms with E-state index < -0.39 is 17.7 Å². The standard InChI is InChI=1S/C8H13FO2/c1-3-5-7(11)8(9)6(10)4-2/h8H,3-5H2,1-2H3. The van der Waals surface area contributed by atoms with Crippen LogP contribution < -0.4 is 0 Å². The van der Waals surface area contributed by atoms with Crippen molar-refractivity contribution in [2.45, 2.75) is 39.3 Å². The third-order valence-corrected chi connectivity index (χ3v) is 1.41. The highest BCUT2D eigenvalue weighted by atomic mass is 19.1. The topological polar surface area (TPSA) is 34.1 Å². The summed E-state index contributed by atoms with van der Waals surface area (Å²) in [6.07, 6.45) is -1.03. The third-order valence-electron chi connectivity index (χ3n) is 1.41. The Bertz CT molecular complexity index is 154. The van der Waals surface area contributed by atoms with Crippen molar-refractivity contribution in [2.75, 3.05) is 0 Å². The highest BCUT2D eigenvalue weighted by Gasteiger charge is 2.22. The van der Waals surface area contributed by atoms with E-state index in [4.69, 9.17) is 0 Å². The molecule has 0 fully saturated rings. The fourth-order valence-electron chi connectivity index (χ4n) is 0.732. The SMILES string of the molecule is CCCC(=O)C(F)C(=O)CC. The molecular weight excluding hydrogens is 147 g/mol. The molecule has 0 aliphatic rings. The number of Topliss-reactive ketones (excluding diaryl/α,β-unsaturated/α-hetero) is 2. The summed E-state index contributed by atoms with van der Waals surface area (Å²) in [5, 5.41) is 0. The Hall–Kier alpha value is -0.730. The molecule has 1 unspecified atom stereocenters. The minimum atomic E-state index is -1.88. The lowest BCUT2D eigenvalue weighted by Gasteiger charge is -2.02. The number of carbonyl (C=O) groups is 2. The van der Waals surface area contributed by atoms with Gasteiger partial charge in [-0.3, -0.25) is 9.59 Å². The maximum absolute atomic E-state index is 12.7. The van der Waals surface area contributed by atoms with E-state index in [0.29, 0.717) is 6.42 Å². The smallest absolute Gasteiger partial charge is 0.216 e. The molecule has 0 aromatic carbocycles. The molecule has 0 aromatic rings. The van der Waals surface area contributed by atoms with Crippen LogP contribution in [0.25, 0.3) is 0 Å². The van der Waals surface area contributed by atoms with Gasteiger partial charge in [0, 0.05) is 12.8 Å². The molecule has 2 nitrogen and oxygen atoms in total. The van der Waals surface area contributed by atoms with Gasteiger partial charge in [0.15, 0.2) is 11.6 Å². The fraction of sp³-hybridized carbons (Fsp3) is 0.750. The Labute approximate surface area is 65.8 Å². The van der Waals surface area contributed by atoms with Crippen molar-refractivity contribution in [3.8, 4) is 0 Å². The third kappa shape index (κ3) is 3.25. The fourth-order valence-corrected chi connectivity index (χ4v) is 0.732. The second-order valence-corrected chi connectivity index (χ2v) is 2.40. The zero-order chi connectivity index (χ0) is 8.85. The van der Waals surface area contributed by atoms with Gasteiger partial charge in [0.25, 0.3) is 0 Å². The van der Waals surface area contributed by atoms with Gasteiger partial charge in [0.05, 0.1) is 0 Å². The van der Waals surface area contributed by atoms with Crippen LogP contribution >= 0.6 is 0 Å². The van der Waals surface area contributed by atoms with E-state index in [1.54, 1.807) is 13.8 Å². The number of alkyl halides is 1. The van der Waals surface area contributed by atoms with E-state index in [1.165, 1.54) is 0 Å². The molecule has 0 bridgehead atoms. The molecule has 0 aliphatic carbocycles. The summed E-state index contributed by atoms with van der Waals surface area (Å²) < 4.78 is 12.7. The zero-order valence-corrected chi connectivity index (χ0v) is 6.89. The van der Waals surface area contributed by atoms with Gasteiger partial charge in [-0.05, 0) is 6.42 Å². The van der Waals surface area contributed by atoms with Crippen LogP contribution in [0.1, 0.15) is 33.1 Å². The highest BCUT2D eigenvalue weighted by molar-refractivity contribution is 6.04. The second kappa shape index (κ2) is 4.99. The van der Waals surface area contributed by atoms with E-state index in [-0.39, 0.29) is 12.8 Å². The average molecular weight is 160 g/mol. The maximum Gasteiger partial charge on any atom is 0.216 e. The predicted molar refractivity (Wildman–Crippen MR) is 40.1 cm³/mol. The Morgan fingerprint density at radius 2 is 1.82 bits per heavy atom. The van der Waals surface area contributed by atoms with Gasteiger partial charge in [-0.2, -0.15) is 0 Å². The molecule has 0 saturated carbocycles. The molecule has 3 heteroatoms. The largest absolute Gasteiger partial charge is 0.296 e. The normalized spacial score (nSPS) is 12.6. The van der Waals surface area contributed by atoms with Crippen molar-refractivity contribution in [2.24, 2.45) is 0 Å². The Morgan fingerprint density at radius 1 is 1.27 bits per heavy atom. The first-order chi connectivity index (χ1) is 5.13. The van der Waals surface area contributed by atoms with Gasteiger partial charge < -0.3 is 0 Å². The van der Waals surface area contributed by atoms with Crippen molar-refractivity contribution in [1.82, 2.24) is 0 Å². The quantitative estimate of drug-likeness (QED) is 0.573. The van der Waals surface area contributed by atoms with Crippen molar-refractivity contribution in [1.29, 1.82) is 0 Å². The molecule has 0 radical (unpaired) electrons. The molecule has 11 heavy (non-hydrogen) atoms. The summed E-state index contributed by atoms with van der Waals surface area (Å²) in [6, 6.07) is 0. The Balaban J connectivity index is 3.91. The molecule has 0 rings (SSSR count). The molecule has 0 aliphatic heterocycles. The Kier molecular flexibility index (Phi) is 4.66. The first-order valence-electron chi connectivity index (χ1n) is 3.83. The van der Waals surface area contributed by atoms with Crippen LogP contribution in [0.5, 0.6) is 0 Å². The van der Waals surface area contributed by atoms with Crippen LogP contribution in [0, 0.1) is 0 Å². The molecule has 1 atom stereocenters. The number of hydrogen-bond donors (Lipinski definition) is 0. The monoisotopic (exact) mass is 160 g/mol. The molecule has 0 aromatic heterocycles. The first kappa shape index (κ1) is 10.3. The molecule has 0 saturated heterocycles. The lowest BCUT2D eigenvalue weighted by molar-refractivity contribution is -0.133. The van der Waals surface area contributed by atoms with E-state index >= 15 is 0 Å². The predicted octanol–water partition coefficient (Wildman–Crippen LogP) is 1.67. The van der Waals surface area contributed by atoms with Crippen molar-refractivity contribution in [3.63, 3.8) is 0 Å². The highest BCUT2D eigenvalue weighted by Crippen LogP contribution is 2.03. The summed E-state index contributed by atoms with van der Waals surface area (Å²) in [4.78, 5) is 21.4. The van der Waals surface area contributed by atoms with Crippen molar-refractivity contribution < 1.29 is 14.0 Å². The molecule has 0 heterocycles. The van der Waals surface area contributed by atoms with E-state index in [9.17, 15) is 14.0 Å². The molecule has 0 N–H and O–H groups in total. The van der Waals surface area contributed by atoms with Gasteiger partial charge in [0.1, 0.15) is 0 Å². The maximum atomic E-state index is 12.7. The van der Waals surface area contributed by atoms with E-state index in [1.807, 2.05) is 0 Å². The summed E-state index contributed by atoms with van der Waals surface area (Å²) in [6.45, 7) is 3.33. The van der Waals surface area contributed by atoms with Gasteiger partial charge in [-0.1, -0.05) is 13.8 Å². The lowest BCUT2D eigenvalue weighted by Crippen LogP contribution is -2.24. The lowest BCUT2D eigenvalue weighted by atomic mass is 10.1. The summed E-state index contributed by atoms with van der Waals surface area (Å²) >= 11 is 0. The number of hydrogen-bond acceptors (Lipinski definition) is 2. The summed E-state index contributed by atoms with van der Waals surface area (Å²) in [5.41, 5.74) is 0. The van der Waals surface area contributed by atoms with Crippen LogP contribution in [0.3, 0.4) is 0 Å². The van der Waals surface area contributed by atoms with Gasteiger partial charge in [0.2, 0.25) is 6.17 Å². The van der Waals surface area contributed by atoms with Gasteiger partial charge >= 0.3 is 0 Å². The molecule has 0 amide bonds. The summed E-state index contributed by atoms with van der Waals surface area (Å²) in [7, 11) is 0. The van der Waals surface area contributed by atoms with Crippen molar-refractivity contribution in [3.05, 3.63) is 0 Å². The van der Waals surface area contributed by atoms with Crippen LogP contribution in [0.4, 0.5) is 4.39 Å². The number of rotatable bonds is 5. The van der Waals surface area contributed by atoms with Crippen molar-refractivity contribution >= 4 is 11.6 Å². The minimum Gasteiger partial charge on any atom is -0.296 e. The van der Waals surface area contributed by atoms with E-state index in [2.05, 4.69) is 0 Å². The Morgan fingerprint density at radius 3 is 2.18 bits per heavy atom. The number of carbonyl (C=O) groups excluding carboxylic acids is 2. The molecule has 0 spiro atoms. The summed E-state index contributed by atoms with van der Waals surface area (Å²) in [5.74, 6) is -1.19. The molecular formula is C8H13FO2. The first-order valence-corrected chi connectivity index (χ1v) is 3.83. The average Bonchev–Trinajstić information content (AvgIpc) is 2.02. The number of halogens is 1. The van der Waals surface area contributed by atoms with Crippen LogP contribution in [0.15, 0.2) is 0 Å². The van der Waals surface area contributed by atoms with E-state index in [0.717, 1.165) is 0 Å². The van der Waals surface area contributed by atoms with Gasteiger partial charge in [-0.15, -0.1) is 0 Å². The second-order valence-electron chi connectivity index (χ2n) is 2.40. The zero-order valence-electron chi connectivity index (χ0n) is 6.89. The van der Waals surface area contributed by atoms with Crippen LogP contribution in [0.2, 0.25) is 0 Å². The van der Waals surface area contributed by atoms with Crippen LogP contribution in [-0.4, -0.2) is 17.7 Å². The molecule has 64 valence electrons. The minimum absolute atomic E-state index is 0.0939. The number of ketones is 2. The van der Waals surface area contributed by atoms with Crippen LogP contribution in [-0.2, 0) is 9.59 Å². The van der Waals surface area contributed by atoms with Gasteiger partial charge in [-0.25, -0.2) is 4.39 Å².